The van der Waals surface area contributed by atoms with E-state index in [9.17, 15) is 9.59 Å². The largest absolute Gasteiger partial charge is 0.350 e. The number of rotatable bonds is 5. The van der Waals surface area contributed by atoms with Gasteiger partial charge in [0.15, 0.2) is 0 Å². The van der Waals surface area contributed by atoms with Crippen molar-refractivity contribution in [3.63, 3.8) is 0 Å². The monoisotopic (exact) mass is 307 g/mol. The zero-order valence-electron chi connectivity index (χ0n) is 12.8. The molecular formula is C18H17N3O2. The van der Waals surface area contributed by atoms with E-state index in [-0.39, 0.29) is 18.4 Å². The molecule has 0 spiro atoms. The van der Waals surface area contributed by atoms with Crippen LogP contribution in [0.1, 0.15) is 27.0 Å². The van der Waals surface area contributed by atoms with E-state index in [4.69, 9.17) is 5.26 Å². The lowest BCUT2D eigenvalue weighted by Crippen LogP contribution is -2.36. The van der Waals surface area contributed by atoms with E-state index in [1.165, 1.54) is 0 Å². The van der Waals surface area contributed by atoms with Crippen LogP contribution >= 0.6 is 0 Å². The Bertz CT molecular complexity index is 728. The Balaban J connectivity index is 1.77. The second kappa shape index (κ2) is 7.76. The molecular weight excluding hydrogens is 290 g/mol. The molecule has 0 atom stereocenters. The Hall–Kier alpha value is -3.13. The number of hydrogen-bond acceptors (Lipinski definition) is 3. The Labute approximate surface area is 134 Å². The summed E-state index contributed by atoms with van der Waals surface area (Å²) in [5, 5.41) is 14.0. The number of nitrogens with zero attached hydrogens (tertiary/aromatic N) is 1. The van der Waals surface area contributed by atoms with Crippen LogP contribution in [-0.2, 0) is 11.3 Å². The highest BCUT2D eigenvalue weighted by atomic mass is 16.2. The minimum absolute atomic E-state index is 0.0804. The maximum Gasteiger partial charge on any atom is 0.251 e. The summed E-state index contributed by atoms with van der Waals surface area (Å²) in [5.41, 5.74) is 3.06. The first-order chi connectivity index (χ1) is 11.1. The average molecular weight is 307 g/mol. The third-order valence-corrected chi connectivity index (χ3v) is 3.30. The summed E-state index contributed by atoms with van der Waals surface area (Å²) in [4.78, 5) is 23.6. The third kappa shape index (κ3) is 4.97. The minimum Gasteiger partial charge on any atom is -0.350 e. The van der Waals surface area contributed by atoms with E-state index in [1.807, 2.05) is 25.1 Å². The molecule has 2 aromatic carbocycles. The smallest absolute Gasteiger partial charge is 0.251 e. The van der Waals surface area contributed by atoms with Crippen LogP contribution in [0.4, 0.5) is 0 Å². The molecule has 116 valence electrons. The van der Waals surface area contributed by atoms with E-state index >= 15 is 0 Å². The minimum atomic E-state index is -0.279. The summed E-state index contributed by atoms with van der Waals surface area (Å²) in [7, 11) is 0. The van der Waals surface area contributed by atoms with Crippen molar-refractivity contribution in [3.8, 4) is 6.07 Å². The fourth-order valence-electron chi connectivity index (χ4n) is 1.93. The number of benzene rings is 2. The number of carbonyl (C=O) groups excluding carboxylic acids is 2. The van der Waals surface area contributed by atoms with Gasteiger partial charge in [0, 0.05) is 12.1 Å². The topological polar surface area (TPSA) is 82.0 Å². The molecule has 0 radical (unpaired) electrons. The van der Waals surface area contributed by atoms with E-state index in [2.05, 4.69) is 10.6 Å². The van der Waals surface area contributed by atoms with Gasteiger partial charge < -0.3 is 10.6 Å². The summed E-state index contributed by atoms with van der Waals surface area (Å²) >= 11 is 0. The Morgan fingerprint density at radius 3 is 2.26 bits per heavy atom. The van der Waals surface area contributed by atoms with Gasteiger partial charge in [-0.1, -0.05) is 29.8 Å². The highest BCUT2D eigenvalue weighted by Gasteiger charge is 2.07. The molecule has 0 heterocycles. The van der Waals surface area contributed by atoms with Crippen LogP contribution in [0.5, 0.6) is 0 Å². The van der Waals surface area contributed by atoms with Gasteiger partial charge >= 0.3 is 0 Å². The standard InChI is InChI=1S/C18H17N3O2/c1-13-2-8-16(9-3-13)18(23)21-12-17(22)20-11-15-6-4-14(10-19)5-7-15/h2-9H,11-12H2,1H3,(H,20,22)(H,21,23). The molecule has 5 heteroatoms. The lowest BCUT2D eigenvalue weighted by molar-refractivity contribution is -0.120. The normalized spacial score (nSPS) is 9.74. The van der Waals surface area contributed by atoms with Crippen LogP contribution in [0.3, 0.4) is 0 Å². The van der Waals surface area contributed by atoms with Gasteiger partial charge in [0.25, 0.3) is 5.91 Å². The van der Waals surface area contributed by atoms with Crippen LogP contribution in [0, 0.1) is 18.3 Å². The van der Waals surface area contributed by atoms with Gasteiger partial charge in [-0.3, -0.25) is 9.59 Å². The summed E-state index contributed by atoms with van der Waals surface area (Å²) in [5.74, 6) is -0.548. The maximum atomic E-state index is 11.9. The summed E-state index contributed by atoms with van der Waals surface area (Å²) in [6.07, 6.45) is 0. The van der Waals surface area contributed by atoms with E-state index in [0.29, 0.717) is 17.7 Å². The van der Waals surface area contributed by atoms with Crippen LogP contribution in [0.25, 0.3) is 0 Å². The second-order valence-electron chi connectivity index (χ2n) is 5.13. The molecule has 0 aliphatic heterocycles. The van der Waals surface area contributed by atoms with Crippen molar-refractivity contribution in [2.45, 2.75) is 13.5 Å². The molecule has 2 aromatic rings. The van der Waals surface area contributed by atoms with Crippen LogP contribution < -0.4 is 10.6 Å². The summed E-state index contributed by atoms with van der Waals surface area (Å²) < 4.78 is 0. The number of hydrogen-bond donors (Lipinski definition) is 2. The van der Waals surface area contributed by atoms with Crippen molar-refractivity contribution in [2.24, 2.45) is 0 Å². The van der Waals surface area contributed by atoms with Crippen molar-refractivity contribution in [2.75, 3.05) is 6.54 Å². The first-order valence-corrected chi connectivity index (χ1v) is 7.19. The first-order valence-electron chi connectivity index (χ1n) is 7.19. The first kappa shape index (κ1) is 16.2. The average Bonchev–Trinajstić information content (AvgIpc) is 2.59. The molecule has 0 saturated carbocycles. The summed E-state index contributed by atoms with van der Waals surface area (Å²) in [6, 6.07) is 16.1. The fraction of sp³-hybridized carbons (Fsp3) is 0.167. The number of nitriles is 1. The zero-order chi connectivity index (χ0) is 16.7. The predicted octanol–water partition coefficient (Wildman–Crippen LogP) is 1.91. The number of carbonyl (C=O) groups is 2. The molecule has 2 rings (SSSR count). The van der Waals surface area contributed by atoms with Crippen LogP contribution in [-0.4, -0.2) is 18.4 Å². The Morgan fingerprint density at radius 2 is 1.65 bits per heavy atom. The SMILES string of the molecule is Cc1ccc(C(=O)NCC(=O)NCc2ccc(C#N)cc2)cc1. The van der Waals surface area contributed by atoms with Gasteiger partial charge in [-0.05, 0) is 36.8 Å². The molecule has 0 unspecified atom stereocenters. The molecule has 2 N–H and O–H groups in total. The van der Waals surface area contributed by atoms with Gasteiger partial charge in [-0.15, -0.1) is 0 Å². The molecule has 23 heavy (non-hydrogen) atoms. The molecule has 0 bridgehead atoms. The van der Waals surface area contributed by atoms with Gasteiger partial charge in [-0.25, -0.2) is 0 Å². The number of aryl methyl sites for hydroxylation is 1. The van der Waals surface area contributed by atoms with Crippen LogP contribution in [0.2, 0.25) is 0 Å². The molecule has 2 amide bonds. The highest BCUT2D eigenvalue weighted by Crippen LogP contribution is 2.03. The van der Waals surface area contributed by atoms with E-state index in [0.717, 1.165) is 11.1 Å². The molecule has 0 aliphatic carbocycles. The molecule has 0 aliphatic rings. The van der Waals surface area contributed by atoms with Crippen molar-refractivity contribution in [1.82, 2.24) is 10.6 Å². The van der Waals surface area contributed by atoms with E-state index < -0.39 is 0 Å². The van der Waals surface area contributed by atoms with Crippen molar-refractivity contribution in [3.05, 3.63) is 70.8 Å². The number of nitrogens with one attached hydrogen (secondary N) is 2. The zero-order valence-corrected chi connectivity index (χ0v) is 12.8. The summed E-state index contributed by atoms with van der Waals surface area (Å²) in [6.45, 7) is 2.21. The predicted molar refractivity (Wildman–Crippen MR) is 86.5 cm³/mol. The fourth-order valence-corrected chi connectivity index (χ4v) is 1.93. The molecule has 5 nitrogen and oxygen atoms in total. The Kier molecular flexibility index (Phi) is 5.48. The molecule has 0 saturated heterocycles. The Morgan fingerprint density at radius 1 is 1.00 bits per heavy atom. The van der Waals surface area contributed by atoms with E-state index in [1.54, 1.807) is 36.4 Å². The van der Waals surface area contributed by atoms with Crippen molar-refractivity contribution >= 4 is 11.8 Å². The second-order valence-corrected chi connectivity index (χ2v) is 5.13. The van der Waals surface area contributed by atoms with Crippen molar-refractivity contribution < 1.29 is 9.59 Å². The van der Waals surface area contributed by atoms with Crippen molar-refractivity contribution in [1.29, 1.82) is 5.26 Å². The van der Waals surface area contributed by atoms with Gasteiger partial charge in [0.05, 0.1) is 18.2 Å². The van der Waals surface area contributed by atoms with Crippen LogP contribution in [0.15, 0.2) is 48.5 Å². The van der Waals surface area contributed by atoms with Gasteiger partial charge in [0.2, 0.25) is 5.91 Å². The maximum absolute atomic E-state index is 11.9. The number of amides is 2. The molecule has 0 aromatic heterocycles. The highest BCUT2D eigenvalue weighted by molar-refractivity contribution is 5.96. The third-order valence-electron chi connectivity index (χ3n) is 3.30. The van der Waals surface area contributed by atoms with Gasteiger partial charge in [0.1, 0.15) is 0 Å². The lowest BCUT2D eigenvalue weighted by atomic mass is 10.1. The van der Waals surface area contributed by atoms with Gasteiger partial charge in [-0.2, -0.15) is 5.26 Å². The lowest BCUT2D eigenvalue weighted by Gasteiger charge is -2.07. The molecule has 0 fully saturated rings. The quantitative estimate of drug-likeness (QED) is 0.885.